The Balaban J connectivity index is 1.20. The van der Waals surface area contributed by atoms with E-state index in [-0.39, 0.29) is 74.8 Å². The third kappa shape index (κ3) is 10.3. The van der Waals surface area contributed by atoms with E-state index in [4.69, 9.17) is 24.2 Å². The van der Waals surface area contributed by atoms with Crippen molar-refractivity contribution in [2.75, 3.05) is 19.8 Å². The van der Waals surface area contributed by atoms with E-state index in [0.29, 0.717) is 30.1 Å². The molecule has 4 aliphatic rings. The molecule has 0 radical (unpaired) electrons. The van der Waals surface area contributed by atoms with Crippen LogP contribution in [0.5, 0.6) is 17.2 Å². The van der Waals surface area contributed by atoms with E-state index < -0.39 is 17.7 Å². The largest absolute Gasteiger partial charge is 0.459 e. The molecular formula is C57H61FN2O7. The van der Waals surface area contributed by atoms with Crippen molar-refractivity contribution in [2.24, 2.45) is 28.8 Å². The number of rotatable bonds is 21. The van der Waals surface area contributed by atoms with E-state index in [1.807, 2.05) is 77.7 Å². The second-order valence-electron chi connectivity index (χ2n) is 18.4. The third-order valence-corrected chi connectivity index (χ3v) is 13.9. The highest BCUT2D eigenvalue weighted by atomic mass is 19.1. The predicted molar refractivity (Wildman–Crippen MR) is 258 cm³/mol. The maximum absolute atomic E-state index is 14.9. The summed E-state index contributed by atoms with van der Waals surface area (Å²) in [6.07, 6.45) is 10.5. The van der Waals surface area contributed by atoms with Crippen LogP contribution in [0.3, 0.4) is 0 Å². The molecule has 6 unspecified atom stereocenters. The number of carbonyl (C=O) groups excluding carboxylic acids is 1. The summed E-state index contributed by atoms with van der Waals surface area (Å²) >= 11 is 0. The molecule has 2 N–H and O–H groups in total. The summed E-state index contributed by atoms with van der Waals surface area (Å²) in [5.41, 5.74) is 6.63. The lowest BCUT2D eigenvalue weighted by molar-refractivity contribution is -0.258. The SMILES string of the molecule is C=CCOC12Oc3ccc(Oc4ccc(-c5ccccc5)cc4)cc3C3C(CCCCO)C(CCCCO)C=C(C(=NOCc4ccccc4)CC1N(Cc1ccc(F)cc1)C(=O)C1CC1)C32. The Bertz CT molecular complexity index is 2510. The Hall–Kier alpha value is -6.07. The molecule has 348 valence electrons. The van der Waals surface area contributed by atoms with Crippen molar-refractivity contribution in [3.8, 4) is 28.4 Å². The molecule has 0 aromatic heterocycles. The molecule has 2 saturated carbocycles. The van der Waals surface area contributed by atoms with Gasteiger partial charge in [-0.05, 0) is 121 Å². The van der Waals surface area contributed by atoms with Gasteiger partial charge in [0, 0.05) is 43.6 Å². The molecule has 5 aromatic carbocycles. The highest BCUT2D eigenvalue weighted by Crippen LogP contribution is 2.62. The first-order chi connectivity index (χ1) is 32.9. The molecular weight excluding hydrogens is 844 g/mol. The quantitative estimate of drug-likeness (QED) is 0.0429. The van der Waals surface area contributed by atoms with Crippen molar-refractivity contribution in [2.45, 2.75) is 88.7 Å². The van der Waals surface area contributed by atoms with Gasteiger partial charge in [-0.15, -0.1) is 6.58 Å². The van der Waals surface area contributed by atoms with Gasteiger partial charge in [0.05, 0.1) is 18.2 Å². The van der Waals surface area contributed by atoms with Crippen molar-refractivity contribution in [1.82, 2.24) is 4.90 Å². The number of nitrogens with zero attached hydrogens (tertiary/aromatic N) is 2. The number of aliphatic hydroxyl groups is 2. The zero-order chi connectivity index (χ0) is 46.2. The summed E-state index contributed by atoms with van der Waals surface area (Å²) in [6.45, 7) is 4.88. The van der Waals surface area contributed by atoms with Crippen LogP contribution in [-0.4, -0.2) is 58.4 Å². The number of unbranched alkanes of at least 4 members (excludes halogenated alkanes) is 2. The zero-order valence-electron chi connectivity index (χ0n) is 38.1. The Morgan fingerprint density at radius 1 is 0.821 bits per heavy atom. The number of oxime groups is 1. The van der Waals surface area contributed by atoms with Crippen molar-refractivity contribution in [3.63, 3.8) is 0 Å². The number of amides is 1. The molecule has 67 heavy (non-hydrogen) atoms. The number of hydrogen-bond acceptors (Lipinski definition) is 8. The summed E-state index contributed by atoms with van der Waals surface area (Å²) in [5, 5.41) is 25.1. The van der Waals surface area contributed by atoms with Crippen LogP contribution in [0.2, 0.25) is 0 Å². The Morgan fingerprint density at radius 3 is 2.21 bits per heavy atom. The second-order valence-corrected chi connectivity index (χ2v) is 18.4. The monoisotopic (exact) mass is 904 g/mol. The van der Waals surface area contributed by atoms with Crippen LogP contribution >= 0.6 is 0 Å². The summed E-state index contributed by atoms with van der Waals surface area (Å²) < 4.78 is 35.7. The number of fused-ring (bicyclic) bond motifs is 2. The van der Waals surface area contributed by atoms with E-state index >= 15 is 0 Å². The fourth-order valence-corrected chi connectivity index (χ4v) is 10.6. The van der Waals surface area contributed by atoms with Crippen LogP contribution in [0.25, 0.3) is 11.1 Å². The molecule has 5 aromatic rings. The van der Waals surface area contributed by atoms with Gasteiger partial charge < -0.3 is 34.2 Å². The van der Waals surface area contributed by atoms with Crippen molar-refractivity contribution < 1.29 is 38.4 Å². The first-order valence-electron chi connectivity index (χ1n) is 24.0. The summed E-state index contributed by atoms with van der Waals surface area (Å²) in [7, 11) is 0. The average molecular weight is 905 g/mol. The molecule has 1 heterocycles. The Labute approximate surface area is 393 Å². The molecule has 1 aliphatic heterocycles. The van der Waals surface area contributed by atoms with Gasteiger partial charge >= 0.3 is 0 Å². The van der Waals surface area contributed by atoms with Gasteiger partial charge in [-0.3, -0.25) is 4.79 Å². The summed E-state index contributed by atoms with van der Waals surface area (Å²) in [5.74, 6) is -0.499. The minimum atomic E-state index is -1.42. The lowest BCUT2D eigenvalue weighted by Gasteiger charge is -2.60. The van der Waals surface area contributed by atoms with Crippen LogP contribution in [0.1, 0.15) is 80.4 Å². The molecule has 0 saturated heterocycles. The number of allylic oxidation sites excluding steroid dienone is 1. The minimum absolute atomic E-state index is 0.00181. The smallest absolute Gasteiger partial charge is 0.239 e. The summed E-state index contributed by atoms with van der Waals surface area (Å²) in [6, 6.07) is 39.9. The average Bonchev–Trinajstić information content (AvgIpc) is 4.22. The first kappa shape index (κ1) is 46.1. The van der Waals surface area contributed by atoms with Gasteiger partial charge in [0.25, 0.3) is 0 Å². The topological polar surface area (TPSA) is 110 Å². The number of aliphatic hydroxyl groups excluding tert-OH is 2. The normalized spacial score (nSPS) is 23.3. The number of halogens is 1. The Kier molecular flexibility index (Phi) is 14.6. The molecule has 9 nitrogen and oxygen atoms in total. The van der Waals surface area contributed by atoms with Gasteiger partial charge in [0.2, 0.25) is 11.7 Å². The third-order valence-electron chi connectivity index (χ3n) is 13.9. The second kappa shape index (κ2) is 21.3. The number of benzene rings is 5. The van der Waals surface area contributed by atoms with E-state index in [1.165, 1.54) is 12.1 Å². The van der Waals surface area contributed by atoms with Gasteiger partial charge in [-0.1, -0.05) is 115 Å². The number of ether oxygens (including phenoxy) is 3. The van der Waals surface area contributed by atoms with E-state index in [9.17, 15) is 19.4 Å². The maximum atomic E-state index is 14.9. The van der Waals surface area contributed by atoms with Gasteiger partial charge in [0.1, 0.15) is 35.7 Å². The van der Waals surface area contributed by atoms with Gasteiger partial charge in [-0.2, -0.15) is 0 Å². The molecule has 0 bridgehead atoms. The maximum Gasteiger partial charge on any atom is 0.239 e. The van der Waals surface area contributed by atoms with Crippen molar-refractivity contribution in [1.29, 1.82) is 0 Å². The van der Waals surface area contributed by atoms with Crippen LogP contribution in [0.4, 0.5) is 4.39 Å². The molecule has 1 amide bonds. The summed E-state index contributed by atoms with van der Waals surface area (Å²) in [4.78, 5) is 23.1. The molecule has 9 rings (SSSR count). The number of carbonyl (C=O) groups is 1. The van der Waals surface area contributed by atoms with Crippen LogP contribution in [0, 0.1) is 29.5 Å². The van der Waals surface area contributed by atoms with Gasteiger partial charge in [0.15, 0.2) is 0 Å². The molecule has 0 spiro atoms. The fourth-order valence-electron chi connectivity index (χ4n) is 10.6. The molecule has 2 fully saturated rings. The lowest BCUT2D eigenvalue weighted by atomic mass is 9.55. The first-order valence-corrected chi connectivity index (χ1v) is 24.0. The van der Waals surface area contributed by atoms with Crippen LogP contribution in [0.15, 0.2) is 157 Å². The van der Waals surface area contributed by atoms with Gasteiger partial charge in [-0.25, -0.2) is 4.39 Å². The highest BCUT2D eigenvalue weighted by molar-refractivity contribution is 6.03. The standard InChI is InChI=1S/C57H61FN2O7/c1-2-33-64-57-53(60(56(63)43-21-22-43)37-39-19-25-45(58)26-20-39)36-51(59-65-38-40-13-5-3-6-14-40)49-34-44(17-9-11-31-61)48(18-10-12-32-62)54(55(49)57)50-35-47(29-30-52(50)67-57)66-46-27-23-42(24-28-46)41-15-7-4-8-16-41/h2-8,13-16,19-20,23-30,34-35,43-44,48,53-55,61-62H,1,9-12,17-18,21-22,31-33,36-38H2. The lowest BCUT2D eigenvalue weighted by Crippen LogP contribution is -2.70. The van der Waals surface area contributed by atoms with Crippen molar-refractivity contribution in [3.05, 3.63) is 174 Å². The van der Waals surface area contributed by atoms with E-state index in [2.05, 4.69) is 43.0 Å². The molecule has 3 aliphatic carbocycles. The predicted octanol–water partition coefficient (Wildman–Crippen LogP) is 11.6. The Morgan fingerprint density at radius 2 is 1.51 bits per heavy atom. The minimum Gasteiger partial charge on any atom is -0.459 e. The van der Waals surface area contributed by atoms with Crippen molar-refractivity contribution >= 4 is 11.6 Å². The van der Waals surface area contributed by atoms with E-state index in [1.54, 1.807) is 18.2 Å². The van der Waals surface area contributed by atoms with E-state index in [0.717, 1.165) is 77.6 Å². The highest BCUT2D eigenvalue weighted by Gasteiger charge is 2.66. The molecule has 6 atom stereocenters. The van der Waals surface area contributed by atoms with Crippen LogP contribution < -0.4 is 9.47 Å². The van der Waals surface area contributed by atoms with Crippen LogP contribution in [-0.2, 0) is 27.5 Å². The zero-order valence-corrected chi connectivity index (χ0v) is 38.1. The number of hydrogen-bond donors (Lipinski definition) is 2. The fraction of sp³-hybridized carbons (Fsp3) is 0.368. The molecule has 10 heteroatoms.